The zero-order chi connectivity index (χ0) is 13.3. The van der Waals surface area contributed by atoms with Gasteiger partial charge in [0, 0.05) is 0 Å². The number of carbonyl (C=O) groups excluding carboxylic acids is 1. The summed E-state index contributed by atoms with van der Waals surface area (Å²) >= 11 is 0. The number of ether oxygens (including phenoxy) is 1. The molecule has 2 atom stereocenters. The Balaban J connectivity index is 4.76. The Bertz CT molecular complexity index is 216. The highest BCUT2D eigenvalue weighted by Gasteiger charge is 2.39. The van der Waals surface area contributed by atoms with Crippen LogP contribution < -0.4 is 0 Å². The first-order valence-electron chi connectivity index (χ1n) is 6.94. The largest absolute Gasteiger partial charge is 0.466 e. The van der Waals surface area contributed by atoms with Crippen molar-refractivity contribution in [3.8, 4) is 0 Å². The molecule has 0 spiro atoms. The van der Waals surface area contributed by atoms with E-state index in [2.05, 4.69) is 6.92 Å². The van der Waals surface area contributed by atoms with Crippen molar-refractivity contribution in [1.29, 1.82) is 0 Å². The maximum absolute atomic E-state index is 11.9. The molecule has 0 saturated heterocycles. The maximum atomic E-state index is 11.9. The van der Waals surface area contributed by atoms with Crippen LogP contribution in [0.25, 0.3) is 0 Å². The Kier molecular flexibility index (Phi) is 8.23. The van der Waals surface area contributed by atoms with E-state index in [0.29, 0.717) is 25.9 Å². The first kappa shape index (κ1) is 16.4. The molecule has 0 aromatic rings. The summed E-state index contributed by atoms with van der Waals surface area (Å²) in [6.45, 7) is 8.25. The average molecular weight is 244 g/mol. The third-order valence-corrected chi connectivity index (χ3v) is 3.37. The predicted octanol–water partition coefficient (Wildman–Crippen LogP) is 3.30. The molecule has 0 aliphatic heterocycles. The van der Waals surface area contributed by atoms with E-state index in [0.717, 1.165) is 19.3 Å². The van der Waals surface area contributed by atoms with Gasteiger partial charge in [-0.05, 0) is 26.2 Å². The second-order valence-corrected chi connectivity index (χ2v) is 4.65. The molecule has 0 fully saturated rings. The number of aliphatic hydroxyl groups is 1. The number of rotatable bonds is 9. The number of unbranched alkanes of at least 4 members (excludes halogenated alkanes) is 1. The molecule has 3 nitrogen and oxygen atoms in total. The van der Waals surface area contributed by atoms with Crippen LogP contribution in [0.4, 0.5) is 0 Å². The minimum atomic E-state index is -0.891. The van der Waals surface area contributed by atoms with Crippen LogP contribution in [-0.2, 0) is 9.53 Å². The van der Waals surface area contributed by atoms with Crippen LogP contribution in [0.5, 0.6) is 0 Å². The van der Waals surface area contributed by atoms with Crippen molar-refractivity contribution in [2.45, 2.75) is 71.8 Å². The Morgan fingerprint density at radius 3 is 2.29 bits per heavy atom. The lowest BCUT2D eigenvalue weighted by Crippen LogP contribution is -2.42. The molecule has 0 aromatic carbocycles. The molecule has 1 N–H and O–H groups in total. The van der Waals surface area contributed by atoms with Gasteiger partial charge in [-0.3, -0.25) is 4.79 Å². The van der Waals surface area contributed by atoms with Crippen LogP contribution >= 0.6 is 0 Å². The Morgan fingerprint density at radius 1 is 1.24 bits per heavy atom. The second kappa shape index (κ2) is 8.51. The summed E-state index contributed by atoms with van der Waals surface area (Å²) in [7, 11) is 0. The fourth-order valence-electron chi connectivity index (χ4n) is 2.22. The van der Waals surface area contributed by atoms with Crippen LogP contribution in [0.1, 0.15) is 66.2 Å². The smallest absolute Gasteiger partial charge is 0.311 e. The lowest BCUT2D eigenvalue weighted by molar-refractivity contribution is -0.160. The van der Waals surface area contributed by atoms with Crippen molar-refractivity contribution in [3.05, 3.63) is 0 Å². The van der Waals surface area contributed by atoms with Crippen molar-refractivity contribution in [2.24, 2.45) is 5.92 Å². The highest BCUT2D eigenvalue weighted by atomic mass is 16.5. The summed E-state index contributed by atoms with van der Waals surface area (Å²) in [5.74, 6) is -0.612. The monoisotopic (exact) mass is 244 g/mol. The number of hydrogen-bond donors (Lipinski definition) is 1. The van der Waals surface area contributed by atoms with E-state index < -0.39 is 5.60 Å². The molecule has 0 aliphatic carbocycles. The van der Waals surface area contributed by atoms with Crippen LogP contribution in [0.3, 0.4) is 0 Å². The topological polar surface area (TPSA) is 46.5 Å². The molecule has 3 heteroatoms. The zero-order valence-corrected chi connectivity index (χ0v) is 11.8. The number of esters is 1. The average Bonchev–Trinajstić information content (AvgIpc) is 2.33. The number of carbonyl (C=O) groups is 1. The molecule has 0 aromatic heterocycles. The van der Waals surface area contributed by atoms with Gasteiger partial charge < -0.3 is 9.84 Å². The van der Waals surface area contributed by atoms with Crippen LogP contribution in [0, 0.1) is 5.92 Å². The van der Waals surface area contributed by atoms with E-state index >= 15 is 0 Å². The van der Waals surface area contributed by atoms with Gasteiger partial charge >= 0.3 is 5.97 Å². The SMILES string of the molecule is CCCCC(O)(CC)C(CCC)C(=O)OCC. The Labute approximate surface area is 106 Å². The lowest BCUT2D eigenvalue weighted by Gasteiger charge is -2.34. The van der Waals surface area contributed by atoms with Gasteiger partial charge in [-0.1, -0.05) is 40.0 Å². The summed E-state index contributed by atoms with van der Waals surface area (Å²) in [6.07, 6.45) is 4.86. The summed E-state index contributed by atoms with van der Waals surface area (Å²) in [4.78, 5) is 11.9. The number of hydrogen-bond acceptors (Lipinski definition) is 3. The summed E-state index contributed by atoms with van der Waals surface area (Å²) in [6, 6.07) is 0. The molecule has 0 rings (SSSR count). The van der Waals surface area contributed by atoms with Gasteiger partial charge in [0.15, 0.2) is 0 Å². The summed E-state index contributed by atoms with van der Waals surface area (Å²) < 4.78 is 5.09. The Morgan fingerprint density at radius 2 is 1.88 bits per heavy atom. The van der Waals surface area contributed by atoms with E-state index in [1.54, 1.807) is 6.92 Å². The van der Waals surface area contributed by atoms with Crippen molar-refractivity contribution < 1.29 is 14.6 Å². The van der Waals surface area contributed by atoms with Gasteiger partial charge in [0.1, 0.15) is 0 Å². The molecule has 17 heavy (non-hydrogen) atoms. The van der Waals surface area contributed by atoms with E-state index in [9.17, 15) is 9.90 Å². The molecule has 0 amide bonds. The molecule has 0 bridgehead atoms. The third-order valence-electron chi connectivity index (χ3n) is 3.37. The van der Waals surface area contributed by atoms with Crippen LogP contribution in [-0.4, -0.2) is 23.3 Å². The van der Waals surface area contributed by atoms with Gasteiger partial charge in [-0.15, -0.1) is 0 Å². The van der Waals surface area contributed by atoms with Gasteiger partial charge in [-0.2, -0.15) is 0 Å². The minimum absolute atomic E-state index is 0.241. The van der Waals surface area contributed by atoms with Crippen LogP contribution in [0.2, 0.25) is 0 Å². The second-order valence-electron chi connectivity index (χ2n) is 4.65. The molecule has 102 valence electrons. The quantitative estimate of drug-likeness (QED) is 0.633. The van der Waals surface area contributed by atoms with E-state index in [4.69, 9.17) is 4.74 Å². The third kappa shape index (κ3) is 5.07. The standard InChI is InChI=1S/C14H28O3/c1-5-9-11-14(16,7-3)12(10-6-2)13(15)17-8-4/h12,16H,5-11H2,1-4H3. The fourth-order valence-corrected chi connectivity index (χ4v) is 2.22. The van der Waals surface area contributed by atoms with Crippen LogP contribution in [0.15, 0.2) is 0 Å². The Hall–Kier alpha value is -0.570. The van der Waals surface area contributed by atoms with Crippen molar-refractivity contribution in [1.82, 2.24) is 0 Å². The molecule has 0 aliphatic rings. The van der Waals surface area contributed by atoms with Gasteiger partial charge in [-0.25, -0.2) is 0 Å². The van der Waals surface area contributed by atoms with Gasteiger partial charge in [0.25, 0.3) is 0 Å². The van der Waals surface area contributed by atoms with E-state index in [-0.39, 0.29) is 11.9 Å². The molecule has 0 saturated carbocycles. The maximum Gasteiger partial charge on any atom is 0.311 e. The first-order valence-corrected chi connectivity index (χ1v) is 6.94. The molecule has 0 radical (unpaired) electrons. The first-order chi connectivity index (χ1) is 8.05. The zero-order valence-electron chi connectivity index (χ0n) is 11.8. The van der Waals surface area contributed by atoms with Gasteiger partial charge in [0.2, 0.25) is 0 Å². The lowest BCUT2D eigenvalue weighted by atomic mass is 9.78. The van der Waals surface area contributed by atoms with Gasteiger partial charge in [0.05, 0.1) is 18.1 Å². The molecule has 2 unspecified atom stereocenters. The minimum Gasteiger partial charge on any atom is -0.466 e. The van der Waals surface area contributed by atoms with E-state index in [1.165, 1.54) is 0 Å². The van der Waals surface area contributed by atoms with Crippen molar-refractivity contribution in [3.63, 3.8) is 0 Å². The van der Waals surface area contributed by atoms with E-state index in [1.807, 2.05) is 13.8 Å². The highest BCUT2D eigenvalue weighted by molar-refractivity contribution is 5.73. The summed E-state index contributed by atoms with van der Waals surface area (Å²) in [5, 5.41) is 10.6. The normalized spacial score (nSPS) is 16.3. The van der Waals surface area contributed by atoms with Crippen molar-refractivity contribution in [2.75, 3.05) is 6.61 Å². The molecular weight excluding hydrogens is 216 g/mol. The molecule has 0 heterocycles. The predicted molar refractivity (Wildman–Crippen MR) is 69.8 cm³/mol. The fraction of sp³-hybridized carbons (Fsp3) is 0.929. The highest BCUT2D eigenvalue weighted by Crippen LogP contribution is 2.32. The van der Waals surface area contributed by atoms with Crippen molar-refractivity contribution >= 4 is 5.97 Å². The summed E-state index contributed by atoms with van der Waals surface area (Å²) in [5.41, 5.74) is -0.891. The molecular formula is C14H28O3.